The molecule has 2 aromatic rings. The summed E-state index contributed by atoms with van der Waals surface area (Å²) < 4.78 is 10.2. The predicted octanol–water partition coefficient (Wildman–Crippen LogP) is 1.88. The number of hydrogen-bond acceptors (Lipinski definition) is 10. The standard InChI is InChI=1S/C26H33N5O8/c1-3-37-17-19-16-21(28-23(27-19)18-8-6-5-7-9-18)24(34)29-20(10-11-22(32)33)25(35)30-12-14-31(15-13-30)39-26(36)38-4-2/h5-9,16,20H,3-4,10-15,17H2,1-2H3,(H,29,34)(H,32,33)/t20-/m0/s1. The lowest BCUT2D eigenvalue weighted by Crippen LogP contribution is -2.55. The van der Waals surface area contributed by atoms with Crippen molar-refractivity contribution in [2.24, 2.45) is 0 Å². The molecule has 1 saturated heterocycles. The number of ether oxygens (including phenoxy) is 2. The zero-order valence-corrected chi connectivity index (χ0v) is 22.0. The van der Waals surface area contributed by atoms with Crippen molar-refractivity contribution >= 4 is 23.9 Å². The average Bonchev–Trinajstić information content (AvgIpc) is 2.94. The Balaban J connectivity index is 1.75. The maximum absolute atomic E-state index is 13.3. The van der Waals surface area contributed by atoms with Gasteiger partial charge in [0.05, 0.1) is 32.0 Å². The van der Waals surface area contributed by atoms with Gasteiger partial charge in [-0.15, -0.1) is 5.06 Å². The molecule has 3 rings (SSSR count). The molecule has 39 heavy (non-hydrogen) atoms. The number of aromatic nitrogens is 2. The highest BCUT2D eigenvalue weighted by Gasteiger charge is 2.31. The molecule has 0 bridgehead atoms. The molecular formula is C26H33N5O8. The number of aliphatic carboxylic acids is 1. The number of carbonyl (C=O) groups excluding carboxylic acids is 3. The molecule has 0 spiro atoms. The van der Waals surface area contributed by atoms with E-state index in [0.717, 1.165) is 0 Å². The van der Waals surface area contributed by atoms with Gasteiger partial charge in [-0.25, -0.2) is 14.8 Å². The molecule has 0 unspecified atom stereocenters. The van der Waals surface area contributed by atoms with Crippen LogP contribution in [0.2, 0.25) is 0 Å². The first-order valence-corrected chi connectivity index (χ1v) is 12.7. The van der Waals surface area contributed by atoms with Crippen molar-refractivity contribution in [1.29, 1.82) is 0 Å². The first-order chi connectivity index (χ1) is 18.8. The van der Waals surface area contributed by atoms with Gasteiger partial charge in [-0.2, -0.15) is 0 Å². The lowest BCUT2D eigenvalue weighted by Gasteiger charge is -2.35. The summed E-state index contributed by atoms with van der Waals surface area (Å²) in [7, 11) is 0. The second-order valence-corrected chi connectivity index (χ2v) is 8.56. The molecule has 1 atom stereocenters. The summed E-state index contributed by atoms with van der Waals surface area (Å²) in [6.45, 7) is 5.18. The van der Waals surface area contributed by atoms with Crippen LogP contribution in [0.4, 0.5) is 4.79 Å². The first-order valence-electron chi connectivity index (χ1n) is 12.7. The Kier molecular flexibility index (Phi) is 11.1. The number of hydrogen-bond donors (Lipinski definition) is 2. The largest absolute Gasteiger partial charge is 0.527 e. The van der Waals surface area contributed by atoms with Crippen molar-refractivity contribution in [2.45, 2.75) is 39.3 Å². The highest BCUT2D eigenvalue weighted by atomic mass is 16.8. The van der Waals surface area contributed by atoms with Crippen molar-refractivity contribution in [3.05, 3.63) is 47.8 Å². The number of rotatable bonds is 12. The number of benzene rings is 1. The molecule has 2 heterocycles. The first kappa shape index (κ1) is 29.5. The van der Waals surface area contributed by atoms with Crippen LogP contribution in [0.1, 0.15) is 42.9 Å². The Morgan fingerprint density at radius 1 is 1.03 bits per heavy atom. The smallest absolute Gasteiger partial charge is 0.481 e. The number of amides is 2. The van der Waals surface area contributed by atoms with E-state index in [1.165, 1.54) is 16.0 Å². The highest BCUT2D eigenvalue weighted by Crippen LogP contribution is 2.17. The topological polar surface area (TPSA) is 160 Å². The van der Waals surface area contributed by atoms with Gasteiger partial charge in [-0.3, -0.25) is 14.4 Å². The molecule has 1 aliphatic heterocycles. The van der Waals surface area contributed by atoms with Crippen LogP contribution in [0.25, 0.3) is 11.4 Å². The van der Waals surface area contributed by atoms with Gasteiger partial charge in [0.15, 0.2) is 5.82 Å². The number of hydroxylamine groups is 2. The molecule has 0 saturated carbocycles. The van der Waals surface area contributed by atoms with Gasteiger partial charge in [0, 0.05) is 31.7 Å². The van der Waals surface area contributed by atoms with E-state index >= 15 is 0 Å². The predicted molar refractivity (Wildman–Crippen MR) is 137 cm³/mol. The molecule has 1 aliphatic rings. The van der Waals surface area contributed by atoms with E-state index < -0.39 is 30.0 Å². The Hall–Kier alpha value is -4.10. The van der Waals surface area contributed by atoms with Crippen molar-refractivity contribution < 1.29 is 38.6 Å². The molecule has 1 aromatic heterocycles. The summed E-state index contributed by atoms with van der Waals surface area (Å²) in [6, 6.07) is 9.51. The molecule has 13 nitrogen and oxygen atoms in total. The third-order valence-electron chi connectivity index (χ3n) is 5.76. The number of nitrogens with zero attached hydrogens (tertiary/aromatic N) is 4. The van der Waals surface area contributed by atoms with E-state index in [9.17, 15) is 24.3 Å². The van der Waals surface area contributed by atoms with Crippen LogP contribution in [0.5, 0.6) is 0 Å². The monoisotopic (exact) mass is 543 g/mol. The molecule has 2 N–H and O–H groups in total. The van der Waals surface area contributed by atoms with Gasteiger partial charge in [0.25, 0.3) is 5.91 Å². The van der Waals surface area contributed by atoms with E-state index in [4.69, 9.17) is 14.3 Å². The van der Waals surface area contributed by atoms with Crippen LogP contribution in [0.15, 0.2) is 36.4 Å². The maximum atomic E-state index is 13.3. The van der Waals surface area contributed by atoms with Crippen LogP contribution in [0.3, 0.4) is 0 Å². The number of carboxylic acids is 1. The number of carboxylic acid groups (broad SMARTS) is 1. The van der Waals surface area contributed by atoms with Gasteiger partial charge in [0.2, 0.25) is 5.91 Å². The number of piperazine rings is 1. The third-order valence-corrected chi connectivity index (χ3v) is 5.76. The maximum Gasteiger partial charge on any atom is 0.527 e. The minimum atomic E-state index is -1.10. The van der Waals surface area contributed by atoms with Gasteiger partial charge in [-0.05, 0) is 26.3 Å². The summed E-state index contributed by atoms with van der Waals surface area (Å²) in [6.07, 6.45) is -1.26. The molecule has 0 radical (unpaired) electrons. The summed E-state index contributed by atoms with van der Waals surface area (Å²) >= 11 is 0. The fourth-order valence-electron chi connectivity index (χ4n) is 3.84. The van der Waals surface area contributed by atoms with Crippen LogP contribution < -0.4 is 5.32 Å². The minimum Gasteiger partial charge on any atom is -0.481 e. The third kappa shape index (κ3) is 9.00. The van der Waals surface area contributed by atoms with Crippen molar-refractivity contribution in [3.8, 4) is 11.4 Å². The summed E-state index contributed by atoms with van der Waals surface area (Å²) in [5.41, 5.74) is 1.22. The zero-order chi connectivity index (χ0) is 28.2. The number of carbonyl (C=O) groups is 4. The second kappa shape index (κ2) is 14.7. The molecule has 13 heteroatoms. The highest BCUT2D eigenvalue weighted by molar-refractivity contribution is 5.96. The van der Waals surface area contributed by atoms with E-state index in [1.807, 2.05) is 37.3 Å². The molecule has 2 amide bonds. The normalized spacial score (nSPS) is 14.4. The molecule has 0 aliphatic carbocycles. The van der Waals surface area contributed by atoms with Crippen LogP contribution in [0, 0.1) is 0 Å². The van der Waals surface area contributed by atoms with Gasteiger partial charge in [-0.1, -0.05) is 30.3 Å². The average molecular weight is 544 g/mol. The fraction of sp³-hybridized carbons (Fsp3) is 0.462. The summed E-state index contributed by atoms with van der Waals surface area (Å²) in [5, 5.41) is 13.3. The summed E-state index contributed by atoms with van der Waals surface area (Å²) in [5.74, 6) is -1.85. The van der Waals surface area contributed by atoms with E-state index in [1.54, 1.807) is 6.92 Å². The minimum absolute atomic E-state index is 0.0272. The quantitative estimate of drug-likeness (QED) is 0.376. The van der Waals surface area contributed by atoms with E-state index in [2.05, 4.69) is 15.3 Å². The van der Waals surface area contributed by atoms with Crippen LogP contribution in [-0.4, -0.2) is 94.4 Å². The zero-order valence-electron chi connectivity index (χ0n) is 22.0. The molecule has 1 fully saturated rings. The summed E-state index contributed by atoms with van der Waals surface area (Å²) in [4.78, 5) is 64.9. The SMILES string of the molecule is CCOCc1cc(C(=O)N[C@@H](CCC(=O)O)C(=O)N2CCN(OC(=O)OCC)CC2)nc(-c2ccccc2)n1. The lowest BCUT2D eigenvalue weighted by atomic mass is 10.1. The molecule has 1 aromatic carbocycles. The Bertz CT molecular complexity index is 1140. The second-order valence-electron chi connectivity index (χ2n) is 8.56. The lowest BCUT2D eigenvalue weighted by molar-refractivity contribution is -0.157. The molecule has 210 valence electrons. The van der Waals surface area contributed by atoms with Gasteiger partial charge >= 0.3 is 12.1 Å². The Labute approximate surface area is 226 Å². The van der Waals surface area contributed by atoms with E-state index in [0.29, 0.717) is 23.7 Å². The van der Waals surface area contributed by atoms with Gasteiger partial charge in [0.1, 0.15) is 11.7 Å². The fourth-order valence-corrected chi connectivity index (χ4v) is 3.84. The van der Waals surface area contributed by atoms with Gasteiger partial charge < -0.3 is 29.6 Å². The molecular weight excluding hydrogens is 510 g/mol. The van der Waals surface area contributed by atoms with Crippen LogP contribution >= 0.6 is 0 Å². The van der Waals surface area contributed by atoms with Crippen molar-refractivity contribution in [1.82, 2.24) is 25.2 Å². The van der Waals surface area contributed by atoms with Crippen LogP contribution in [-0.2, 0) is 30.5 Å². The van der Waals surface area contributed by atoms with Crippen molar-refractivity contribution in [3.63, 3.8) is 0 Å². The number of nitrogens with one attached hydrogen (secondary N) is 1. The Morgan fingerprint density at radius 2 is 1.74 bits per heavy atom. The Morgan fingerprint density at radius 3 is 2.38 bits per heavy atom. The van der Waals surface area contributed by atoms with Crippen molar-refractivity contribution in [2.75, 3.05) is 39.4 Å². The van der Waals surface area contributed by atoms with E-state index in [-0.39, 0.29) is 57.9 Å².